The number of aliphatic hydroxyl groups is 3. The van der Waals surface area contributed by atoms with Crippen LogP contribution in [0.2, 0.25) is 0 Å². The molecule has 0 amide bonds. The molecule has 1 aliphatic rings. The van der Waals surface area contributed by atoms with Gasteiger partial charge in [-0.2, -0.15) is 0 Å². The van der Waals surface area contributed by atoms with E-state index < -0.39 is 24.4 Å². The third-order valence-corrected chi connectivity index (χ3v) is 5.47. The first kappa shape index (κ1) is 25.3. The topological polar surface area (TPSA) is 96.2 Å². The van der Waals surface area contributed by atoms with Crippen molar-refractivity contribution in [3.63, 3.8) is 0 Å². The van der Waals surface area contributed by atoms with Crippen LogP contribution >= 0.6 is 0 Å². The van der Waals surface area contributed by atoms with E-state index in [0.29, 0.717) is 6.42 Å². The normalized spacial score (nSPS) is 23.1. The predicted molar refractivity (Wildman–Crippen MR) is 109 cm³/mol. The van der Waals surface area contributed by atoms with E-state index in [4.69, 9.17) is 9.47 Å². The van der Waals surface area contributed by atoms with Gasteiger partial charge < -0.3 is 24.8 Å². The first-order valence-corrected chi connectivity index (χ1v) is 11.4. The summed E-state index contributed by atoms with van der Waals surface area (Å²) in [6, 6.07) is 0. The Hall–Kier alpha value is -0.690. The van der Waals surface area contributed by atoms with Gasteiger partial charge in [-0.3, -0.25) is 4.79 Å². The molecule has 1 fully saturated rings. The van der Waals surface area contributed by atoms with Gasteiger partial charge in [0.1, 0.15) is 31.0 Å². The molecule has 0 saturated carbocycles. The zero-order valence-corrected chi connectivity index (χ0v) is 17.7. The summed E-state index contributed by atoms with van der Waals surface area (Å²) >= 11 is 0. The summed E-state index contributed by atoms with van der Waals surface area (Å²) in [4.78, 5) is 11.7. The van der Waals surface area contributed by atoms with Gasteiger partial charge in [0.15, 0.2) is 0 Å². The molecule has 0 aromatic rings. The monoisotopic (exact) mass is 402 g/mol. The highest BCUT2D eigenvalue weighted by Gasteiger charge is 2.39. The second-order valence-electron chi connectivity index (χ2n) is 8.10. The summed E-state index contributed by atoms with van der Waals surface area (Å²) < 4.78 is 10.2. The molecule has 6 heteroatoms. The molecule has 0 aromatic heterocycles. The van der Waals surface area contributed by atoms with E-state index in [0.717, 1.165) is 19.3 Å². The van der Waals surface area contributed by atoms with Crippen LogP contribution in [0.25, 0.3) is 0 Å². The minimum absolute atomic E-state index is 0.0181. The minimum atomic E-state index is -1.14. The molecule has 0 radical (unpaired) electrons. The van der Waals surface area contributed by atoms with Gasteiger partial charge in [-0.15, -0.1) is 0 Å². The zero-order valence-electron chi connectivity index (χ0n) is 17.7. The zero-order chi connectivity index (χ0) is 20.6. The summed E-state index contributed by atoms with van der Waals surface area (Å²) in [6.45, 7) is 2.01. The van der Waals surface area contributed by atoms with Gasteiger partial charge in [-0.05, 0) is 6.42 Å². The number of esters is 1. The summed E-state index contributed by atoms with van der Waals surface area (Å²) in [6.07, 6.45) is 12.5. The maximum Gasteiger partial charge on any atom is 0.305 e. The van der Waals surface area contributed by atoms with E-state index in [-0.39, 0.29) is 19.2 Å². The van der Waals surface area contributed by atoms with Gasteiger partial charge in [0.25, 0.3) is 0 Å². The van der Waals surface area contributed by atoms with Crippen LogP contribution in [0.5, 0.6) is 0 Å². The number of rotatable bonds is 17. The van der Waals surface area contributed by atoms with Gasteiger partial charge in [0.2, 0.25) is 0 Å². The first-order valence-electron chi connectivity index (χ1n) is 11.4. The van der Waals surface area contributed by atoms with Crippen molar-refractivity contribution < 1.29 is 29.6 Å². The van der Waals surface area contributed by atoms with Crippen molar-refractivity contribution in [2.24, 2.45) is 0 Å². The number of hydrogen-bond acceptors (Lipinski definition) is 6. The van der Waals surface area contributed by atoms with E-state index in [1.807, 2.05) is 0 Å². The number of unbranched alkanes of at least 4 members (excludes halogenated alkanes) is 12. The fourth-order valence-electron chi connectivity index (χ4n) is 3.60. The number of ether oxygens (including phenoxy) is 2. The van der Waals surface area contributed by atoms with E-state index in [2.05, 4.69) is 6.92 Å². The van der Waals surface area contributed by atoms with Crippen molar-refractivity contribution in [2.75, 3.05) is 13.2 Å². The van der Waals surface area contributed by atoms with Gasteiger partial charge >= 0.3 is 5.97 Å². The molecule has 0 bridgehead atoms. The fraction of sp³-hybridized carbons (Fsp3) is 0.955. The van der Waals surface area contributed by atoms with Crippen LogP contribution in [0.4, 0.5) is 0 Å². The Morgan fingerprint density at radius 2 is 1.43 bits per heavy atom. The molecule has 166 valence electrons. The Balaban J connectivity index is 1.86. The van der Waals surface area contributed by atoms with Crippen molar-refractivity contribution in [1.29, 1.82) is 0 Å². The third kappa shape index (κ3) is 11.3. The summed E-state index contributed by atoms with van der Waals surface area (Å²) in [5, 5.41) is 28.9. The molecule has 6 nitrogen and oxygen atoms in total. The lowest BCUT2D eigenvalue weighted by molar-refractivity contribution is -0.151. The average molecular weight is 403 g/mol. The molecule has 0 aliphatic carbocycles. The van der Waals surface area contributed by atoms with Gasteiger partial charge in [-0.1, -0.05) is 84.0 Å². The van der Waals surface area contributed by atoms with Crippen LogP contribution in [-0.4, -0.2) is 58.9 Å². The van der Waals surface area contributed by atoms with Gasteiger partial charge in [-0.25, -0.2) is 0 Å². The molecular formula is C22H42O6. The van der Waals surface area contributed by atoms with Crippen LogP contribution in [0, 0.1) is 0 Å². The highest BCUT2D eigenvalue weighted by atomic mass is 16.6. The van der Waals surface area contributed by atoms with Crippen LogP contribution in [0.1, 0.15) is 96.8 Å². The molecule has 1 heterocycles. The van der Waals surface area contributed by atoms with E-state index >= 15 is 0 Å². The van der Waals surface area contributed by atoms with E-state index in [9.17, 15) is 20.1 Å². The average Bonchev–Trinajstić information content (AvgIpc) is 3.02. The molecule has 0 spiro atoms. The van der Waals surface area contributed by atoms with Crippen LogP contribution in [0.3, 0.4) is 0 Å². The highest BCUT2D eigenvalue weighted by molar-refractivity contribution is 5.69. The molecule has 28 heavy (non-hydrogen) atoms. The lowest BCUT2D eigenvalue weighted by atomic mass is 10.0. The van der Waals surface area contributed by atoms with Crippen LogP contribution in [-0.2, 0) is 14.3 Å². The van der Waals surface area contributed by atoms with Gasteiger partial charge in [0, 0.05) is 6.42 Å². The largest absolute Gasteiger partial charge is 0.463 e. The van der Waals surface area contributed by atoms with E-state index in [1.165, 1.54) is 64.2 Å². The molecule has 0 aromatic carbocycles. The van der Waals surface area contributed by atoms with Crippen molar-refractivity contribution in [2.45, 2.75) is 121 Å². The fourth-order valence-corrected chi connectivity index (χ4v) is 3.60. The van der Waals surface area contributed by atoms with Crippen molar-refractivity contribution in [3.8, 4) is 0 Å². The Kier molecular flexibility index (Phi) is 14.6. The molecule has 1 rings (SSSR count). The van der Waals surface area contributed by atoms with Crippen molar-refractivity contribution >= 4 is 5.97 Å². The quantitative estimate of drug-likeness (QED) is 0.255. The molecule has 4 unspecified atom stereocenters. The molecule has 3 N–H and O–H groups in total. The summed E-state index contributed by atoms with van der Waals surface area (Å²) in [7, 11) is 0. The maximum atomic E-state index is 11.7. The number of carbonyl (C=O) groups excluding carboxylic acids is 1. The Morgan fingerprint density at radius 3 is 1.89 bits per heavy atom. The highest BCUT2D eigenvalue weighted by Crippen LogP contribution is 2.18. The van der Waals surface area contributed by atoms with Crippen LogP contribution < -0.4 is 0 Å². The number of carbonyl (C=O) groups is 1. The third-order valence-electron chi connectivity index (χ3n) is 5.47. The SMILES string of the molecule is CCCCCCCCCCCCCCCC(=O)OCC(O)C1OCC(O)C1O. The van der Waals surface area contributed by atoms with Gasteiger partial charge in [0.05, 0.1) is 6.61 Å². The molecule has 1 aliphatic heterocycles. The predicted octanol–water partition coefficient (Wildman–Crippen LogP) is 3.49. The minimum Gasteiger partial charge on any atom is -0.463 e. The number of aliphatic hydroxyl groups excluding tert-OH is 3. The maximum absolute atomic E-state index is 11.7. The Bertz CT molecular complexity index is 389. The second-order valence-corrected chi connectivity index (χ2v) is 8.10. The smallest absolute Gasteiger partial charge is 0.305 e. The van der Waals surface area contributed by atoms with Crippen LogP contribution in [0.15, 0.2) is 0 Å². The van der Waals surface area contributed by atoms with E-state index in [1.54, 1.807) is 0 Å². The molecule has 4 atom stereocenters. The molecular weight excluding hydrogens is 360 g/mol. The lowest BCUT2D eigenvalue weighted by Crippen LogP contribution is -2.41. The van der Waals surface area contributed by atoms with Crippen molar-refractivity contribution in [1.82, 2.24) is 0 Å². The molecule has 1 saturated heterocycles. The first-order chi connectivity index (χ1) is 13.6. The summed E-state index contributed by atoms with van der Waals surface area (Å²) in [5.41, 5.74) is 0. The van der Waals surface area contributed by atoms with Crippen molar-refractivity contribution in [3.05, 3.63) is 0 Å². The Morgan fingerprint density at radius 1 is 0.929 bits per heavy atom. The summed E-state index contributed by atoms with van der Waals surface area (Å²) in [5.74, 6) is -0.338. The lowest BCUT2D eigenvalue weighted by Gasteiger charge is -2.20. The second kappa shape index (κ2) is 16.1. The number of hydrogen-bond donors (Lipinski definition) is 3. The Labute approximate surface area is 170 Å². The standard InChI is InChI=1S/C22H42O6/c1-2-3-4-5-6-7-8-9-10-11-12-13-14-15-20(25)27-17-19(24)22-21(26)18(23)16-28-22/h18-19,21-24,26H,2-17H2,1H3.